The van der Waals surface area contributed by atoms with E-state index >= 15 is 0 Å². The first-order valence-corrected chi connectivity index (χ1v) is 9.48. The van der Waals surface area contributed by atoms with Crippen LogP contribution in [0.4, 0.5) is 17.6 Å². The molecule has 2 heterocycles. The molecule has 0 aromatic carbocycles. The van der Waals surface area contributed by atoms with E-state index < -0.39 is 48.3 Å². The summed E-state index contributed by atoms with van der Waals surface area (Å²) in [5.41, 5.74) is 1.54. The Bertz CT molecular complexity index is 952. The molecule has 1 amide bonds. The van der Waals surface area contributed by atoms with Crippen LogP contribution in [0, 0.1) is 0 Å². The van der Waals surface area contributed by atoms with Gasteiger partial charge in [-0.15, -0.1) is 0 Å². The quantitative estimate of drug-likeness (QED) is 0.416. The van der Waals surface area contributed by atoms with E-state index in [2.05, 4.69) is 37.8 Å². The average Bonchev–Trinajstić information content (AvgIpc) is 2.75. The molecule has 12 heteroatoms. The number of alkyl halides is 3. The minimum absolute atomic E-state index is 0.0574. The lowest BCUT2D eigenvalue weighted by atomic mass is 9.90. The predicted octanol–water partition coefficient (Wildman–Crippen LogP) is 3.24. The van der Waals surface area contributed by atoms with Crippen molar-refractivity contribution in [3.05, 3.63) is 58.3 Å². The van der Waals surface area contributed by atoms with Crippen LogP contribution in [0.2, 0.25) is 0 Å². The van der Waals surface area contributed by atoms with E-state index in [9.17, 15) is 22.4 Å². The monoisotopic (exact) mass is 506 g/mol. The lowest BCUT2D eigenvalue weighted by Crippen LogP contribution is -2.49. The molecule has 31 heavy (non-hydrogen) atoms. The SMILES string of the molecule is C=C/C(F)=C(\C=C(/CF)C1(C(F)F)COCC(N)=N1)NC(=O)c1ncc(Br)cc1OC. The fourth-order valence-electron chi connectivity index (χ4n) is 2.70. The summed E-state index contributed by atoms with van der Waals surface area (Å²) >= 11 is 3.17. The number of ether oxygens (including phenoxy) is 2. The molecule has 1 aromatic rings. The van der Waals surface area contributed by atoms with Crippen molar-refractivity contribution < 1.29 is 31.8 Å². The number of aromatic nitrogens is 1. The fourth-order valence-corrected chi connectivity index (χ4v) is 3.02. The first-order chi connectivity index (χ1) is 14.7. The molecule has 0 radical (unpaired) electrons. The molecule has 1 unspecified atom stereocenters. The van der Waals surface area contributed by atoms with Gasteiger partial charge in [0.1, 0.15) is 24.9 Å². The maximum atomic E-state index is 14.4. The molecule has 3 N–H and O–H groups in total. The van der Waals surface area contributed by atoms with Crippen LogP contribution >= 0.6 is 15.9 Å². The number of allylic oxidation sites excluding steroid dienone is 3. The minimum Gasteiger partial charge on any atom is -0.494 e. The summed E-state index contributed by atoms with van der Waals surface area (Å²) in [6.45, 7) is 0.921. The summed E-state index contributed by atoms with van der Waals surface area (Å²) in [4.78, 5) is 20.2. The molecule has 0 fully saturated rings. The van der Waals surface area contributed by atoms with Crippen LogP contribution in [0.15, 0.2) is 57.6 Å². The molecule has 1 aliphatic heterocycles. The number of nitrogens with zero attached hydrogens (tertiary/aromatic N) is 2. The Balaban J connectivity index is 2.51. The average molecular weight is 507 g/mol. The number of nitrogens with two attached hydrogens (primary N) is 1. The molecule has 7 nitrogen and oxygen atoms in total. The van der Waals surface area contributed by atoms with Gasteiger partial charge in [-0.25, -0.2) is 22.5 Å². The van der Waals surface area contributed by atoms with Gasteiger partial charge in [-0.2, -0.15) is 0 Å². The van der Waals surface area contributed by atoms with E-state index in [4.69, 9.17) is 15.2 Å². The van der Waals surface area contributed by atoms with Gasteiger partial charge in [0, 0.05) is 10.7 Å². The second kappa shape index (κ2) is 10.5. The lowest BCUT2D eigenvalue weighted by molar-refractivity contribution is 0.00585. The number of halogens is 5. The van der Waals surface area contributed by atoms with Gasteiger partial charge in [-0.1, -0.05) is 6.58 Å². The van der Waals surface area contributed by atoms with Crippen LogP contribution in [0.5, 0.6) is 5.75 Å². The van der Waals surface area contributed by atoms with Crippen LogP contribution in [-0.2, 0) is 4.74 Å². The largest absolute Gasteiger partial charge is 0.494 e. The van der Waals surface area contributed by atoms with Crippen molar-refractivity contribution in [3.63, 3.8) is 0 Å². The van der Waals surface area contributed by atoms with Crippen molar-refractivity contribution >= 4 is 27.7 Å². The van der Waals surface area contributed by atoms with Gasteiger partial charge in [0.15, 0.2) is 17.0 Å². The zero-order valence-corrected chi connectivity index (χ0v) is 17.9. The van der Waals surface area contributed by atoms with Crippen molar-refractivity contribution in [2.45, 2.75) is 12.0 Å². The van der Waals surface area contributed by atoms with Crippen molar-refractivity contribution in [2.75, 3.05) is 27.0 Å². The van der Waals surface area contributed by atoms with Gasteiger partial charge >= 0.3 is 0 Å². The van der Waals surface area contributed by atoms with Crippen molar-refractivity contribution in [2.24, 2.45) is 10.7 Å². The third-order valence-electron chi connectivity index (χ3n) is 4.23. The Morgan fingerprint density at radius 3 is 2.81 bits per heavy atom. The summed E-state index contributed by atoms with van der Waals surface area (Å²) in [6, 6.07) is 1.45. The van der Waals surface area contributed by atoms with Crippen molar-refractivity contribution in [1.82, 2.24) is 10.3 Å². The first kappa shape index (κ1) is 24.5. The number of pyridine rings is 1. The van der Waals surface area contributed by atoms with Crippen LogP contribution in [-0.4, -0.2) is 55.7 Å². The summed E-state index contributed by atoms with van der Waals surface area (Å²) < 4.78 is 66.6. The lowest BCUT2D eigenvalue weighted by Gasteiger charge is -2.34. The molecule has 0 bridgehead atoms. The molecule has 0 spiro atoms. The molecule has 0 saturated carbocycles. The molecule has 1 aliphatic rings. The summed E-state index contributed by atoms with van der Waals surface area (Å²) in [7, 11) is 1.29. The molecule has 168 valence electrons. The summed E-state index contributed by atoms with van der Waals surface area (Å²) in [5.74, 6) is -2.25. The number of carbonyl (C=O) groups excluding carboxylic acids is 1. The van der Waals surface area contributed by atoms with Crippen LogP contribution < -0.4 is 15.8 Å². The number of rotatable bonds is 8. The van der Waals surface area contributed by atoms with Crippen LogP contribution in [0.1, 0.15) is 10.5 Å². The molecular formula is C19H19BrF4N4O3. The topological polar surface area (TPSA) is 98.8 Å². The number of hydrogen-bond acceptors (Lipinski definition) is 6. The third kappa shape index (κ3) is 5.50. The van der Waals surface area contributed by atoms with E-state index in [1.165, 1.54) is 19.4 Å². The van der Waals surface area contributed by atoms with E-state index in [0.717, 1.165) is 12.2 Å². The normalized spacial score (nSPS) is 20.1. The Hall–Kier alpha value is -2.73. The third-order valence-corrected chi connectivity index (χ3v) is 4.67. The van der Waals surface area contributed by atoms with E-state index in [1.807, 2.05) is 0 Å². The molecule has 1 aromatic heterocycles. The second-order valence-electron chi connectivity index (χ2n) is 6.25. The number of aliphatic imine (C=N–C) groups is 1. The van der Waals surface area contributed by atoms with Crippen LogP contribution in [0.3, 0.4) is 0 Å². The van der Waals surface area contributed by atoms with Crippen LogP contribution in [0.25, 0.3) is 0 Å². The fraction of sp³-hybridized carbons (Fsp3) is 0.316. The van der Waals surface area contributed by atoms with Crippen molar-refractivity contribution in [1.29, 1.82) is 0 Å². The Labute approximate surface area is 183 Å². The van der Waals surface area contributed by atoms with Gasteiger partial charge in [0.05, 0.1) is 19.4 Å². The van der Waals surface area contributed by atoms with Gasteiger partial charge in [-0.05, 0) is 39.7 Å². The number of amidine groups is 1. The Kier molecular flexibility index (Phi) is 8.34. The molecule has 0 aliphatic carbocycles. The van der Waals surface area contributed by atoms with E-state index in [1.54, 1.807) is 0 Å². The number of amides is 1. The van der Waals surface area contributed by atoms with E-state index in [-0.39, 0.29) is 23.9 Å². The smallest absolute Gasteiger partial charge is 0.278 e. The van der Waals surface area contributed by atoms with E-state index in [0.29, 0.717) is 4.47 Å². The van der Waals surface area contributed by atoms with Crippen molar-refractivity contribution in [3.8, 4) is 5.75 Å². The minimum atomic E-state index is -3.22. The zero-order chi connectivity index (χ0) is 23.2. The van der Waals surface area contributed by atoms with Gasteiger partial charge in [0.25, 0.3) is 12.3 Å². The zero-order valence-electron chi connectivity index (χ0n) is 16.3. The number of nitrogens with one attached hydrogen (secondary N) is 1. The molecule has 0 saturated heterocycles. The molecule has 2 rings (SSSR count). The standard InChI is InChI=1S/C19H19BrF4N4O3/c1-3-12(22)13(27-17(29)16-14(30-2)5-11(20)7-26-16)4-10(6-21)19(18(23)24)9-31-8-15(25)28-19/h3-5,7,18H,1,6,8-9H2,2H3,(H2,25,28)(H,27,29)/b10-4+,13-12-. The highest BCUT2D eigenvalue weighted by atomic mass is 79.9. The van der Waals surface area contributed by atoms with Gasteiger partial charge < -0.3 is 20.5 Å². The maximum absolute atomic E-state index is 14.4. The summed E-state index contributed by atoms with van der Waals surface area (Å²) in [5, 5.41) is 2.18. The number of methoxy groups -OCH3 is 1. The number of carbonyl (C=O) groups is 1. The second-order valence-corrected chi connectivity index (χ2v) is 7.16. The number of hydrogen-bond donors (Lipinski definition) is 2. The highest BCUT2D eigenvalue weighted by Crippen LogP contribution is 2.33. The Morgan fingerprint density at radius 1 is 1.55 bits per heavy atom. The predicted molar refractivity (Wildman–Crippen MR) is 110 cm³/mol. The maximum Gasteiger partial charge on any atom is 0.278 e. The molecular weight excluding hydrogens is 488 g/mol. The molecule has 1 atom stereocenters. The summed E-state index contributed by atoms with van der Waals surface area (Å²) in [6.07, 6.45) is -0.475. The highest BCUT2D eigenvalue weighted by molar-refractivity contribution is 9.10. The van der Waals surface area contributed by atoms with Gasteiger partial charge in [0.2, 0.25) is 0 Å². The van der Waals surface area contributed by atoms with Gasteiger partial charge in [-0.3, -0.25) is 9.79 Å². The Morgan fingerprint density at radius 2 is 2.26 bits per heavy atom. The first-order valence-electron chi connectivity index (χ1n) is 8.68. The highest BCUT2D eigenvalue weighted by Gasteiger charge is 2.46.